The van der Waals surface area contributed by atoms with Crippen LogP contribution in [0.2, 0.25) is 0 Å². The van der Waals surface area contributed by atoms with Crippen LogP contribution in [0.15, 0.2) is 60.0 Å². The number of rotatable bonds is 6. The second-order valence-electron chi connectivity index (χ2n) is 6.08. The van der Waals surface area contributed by atoms with Gasteiger partial charge in [-0.25, -0.2) is 0 Å². The number of hydrogen-bond acceptors (Lipinski definition) is 4. The largest absolute Gasteiger partial charge is 0.325 e. The van der Waals surface area contributed by atoms with Crippen LogP contribution in [0.4, 0.5) is 5.69 Å². The molecule has 0 aliphatic carbocycles. The molecule has 0 radical (unpaired) electrons. The van der Waals surface area contributed by atoms with Crippen molar-refractivity contribution in [2.45, 2.75) is 24.9 Å². The molecule has 5 nitrogen and oxygen atoms in total. The summed E-state index contributed by atoms with van der Waals surface area (Å²) in [5, 5.41) is 11.7. The van der Waals surface area contributed by atoms with Gasteiger partial charge >= 0.3 is 0 Å². The molecule has 134 valence electrons. The highest BCUT2D eigenvalue weighted by Crippen LogP contribution is 2.22. The molecule has 7 heteroatoms. The number of benzene rings is 2. The molecule has 1 amide bonds. The molecule has 2 aromatic carbocycles. The minimum Gasteiger partial charge on any atom is -0.325 e. The third-order valence-corrected chi connectivity index (χ3v) is 5.41. The van der Waals surface area contributed by atoms with Gasteiger partial charge in [-0.1, -0.05) is 43.8 Å². The summed E-state index contributed by atoms with van der Waals surface area (Å²) in [4.78, 5) is 12.2. The molecular formula is C19H19IN4OS. The summed E-state index contributed by atoms with van der Waals surface area (Å²) in [6.45, 7) is 4.34. The van der Waals surface area contributed by atoms with Gasteiger partial charge in [0, 0.05) is 14.9 Å². The monoisotopic (exact) mass is 478 g/mol. The van der Waals surface area contributed by atoms with Crippen molar-refractivity contribution in [3.63, 3.8) is 0 Å². The maximum absolute atomic E-state index is 12.2. The summed E-state index contributed by atoms with van der Waals surface area (Å²) in [6, 6.07) is 16.0. The Morgan fingerprint density at radius 3 is 2.69 bits per heavy atom. The number of nitrogens with zero attached hydrogens (tertiary/aromatic N) is 3. The Labute approximate surface area is 170 Å². The molecule has 0 aliphatic rings. The highest BCUT2D eigenvalue weighted by atomic mass is 127. The van der Waals surface area contributed by atoms with Crippen LogP contribution < -0.4 is 5.32 Å². The number of aromatic nitrogens is 3. The van der Waals surface area contributed by atoms with Crippen molar-refractivity contribution < 1.29 is 4.79 Å². The molecule has 26 heavy (non-hydrogen) atoms. The van der Waals surface area contributed by atoms with E-state index in [1.807, 2.05) is 28.8 Å². The Bertz CT molecular complexity index is 893. The SMILES string of the molecule is CC(C)c1ccc(-n2cnnc2SCC(=O)Nc2cccc(I)c2)cc1. The number of halogens is 1. The third-order valence-electron chi connectivity index (χ3n) is 3.80. The molecule has 0 spiro atoms. The summed E-state index contributed by atoms with van der Waals surface area (Å²) >= 11 is 3.59. The average molecular weight is 478 g/mol. The Morgan fingerprint density at radius 2 is 2.00 bits per heavy atom. The van der Waals surface area contributed by atoms with Gasteiger partial charge in [-0.05, 0) is 64.4 Å². The first-order valence-corrected chi connectivity index (χ1v) is 10.3. The molecule has 3 aromatic rings. The quantitative estimate of drug-likeness (QED) is 0.411. The van der Waals surface area contributed by atoms with Crippen LogP contribution in [0, 0.1) is 3.57 Å². The van der Waals surface area contributed by atoms with Crippen molar-refractivity contribution in [1.82, 2.24) is 14.8 Å². The van der Waals surface area contributed by atoms with Gasteiger partial charge in [0.2, 0.25) is 5.91 Å². The molecule has 0 aliphatic heterocycles. The lowest BCUT2D eigenvalue weighted by Crippen LogP contribution is -2.14. The lowest BCUT2D eigenvalue weighted by Gasteiger charge is -2.09. The van der Waals surface area contributed by atoms with E-state index in [1.165, 1.54) is 17.3 Å². The van der Waals surface area contributed by atoms with E-state index in [0.29, 0.717) is 11.1 Å². The highest BCUT2D eigenvalue weighted by Gasteiger charge is 2.11. The molecule has 0 fully saturated rings. The smallest absolute Gasteiger partial charge is 0.234 e. The number of carbonyl (C=O) groups excluding carboxylic acids is 1. The van der Waals surface area contributed by atoms with E-state index < -0.39 is 0 Å². The summed E-state index contributed by atoms with van der Waals surface area (Å²) in [5.41, 5.74) is 3.07. The summed E-state index contributed by atoms with van der Waals surface area (Å²) < 4.78 is 2.98. The Hall–Kier alpha value is -1.87. The number of hydrogen-bond donors (Lipinski definition) is 1. The van der Waals surface area contributed by atoms with Gasteiger partial charge in [0.15, 0.2) is 5.16 Å². The van der Waals surface area contributed by atoms with Gasteiger partial charge in [0.25, 0.3) is 0 Å². The fourth-order valence-corrected chi connectivity index (χ4v) is 3.69. The number of carbonyl (C=O) groups is 1. The fraction of sp³-hybridized carbons (Fsp3) is 0.211. The van der Waals surface area contributed by atoms with Gasteiger partial charge < -0.3 is 5.32 Å². The van der Waals surface area contributed by atoms with Crippen molar-refractivity contribution in [3.05, 3.63) is 64.0 Å². The second kappa shape index (κ2) is 8.68. The predicted molar refractivity (Wildman–Crippen MR) is 114 cm³/mol. The first-order valence-electron chi connectivity index (χ1n) is 8.21. The topological polar surface area (TPSA) is 59.8 Å². The second-order valence-corrected chi connectivity index (χ2v) is 8.27. The third kappa shape index (κ3) is 4.85. The average Bonchev–Trinajstić information content (AvgIpc) is 3.08. The van der Waals surface area contributed by atoms with Gasteiger partial charge in [-0.2, -0.15) is 0 Å². The number of thioether (sulfide) groups is 1. The van der Waals surface area contributed by atoms with Gasteiger partial charge in [0.1, 0.15) is 6.33 Å². The summed E-state index contributed by atoms with van der Waals surface area (Å²) in [6.07, 6.45) is 1.67. The lowest BCUT2D eigenvalue weighted by atomic mass is 10.0. The van der Waals surface area contributed by atoms with Crippen LogP contribution >= 0.6 is 34.4 Å². The molecule has 0 bridgehead atoms. The molecule has 1 heterocycles. The summed E-state index contributed by atoms with van der Waals surface area (Å²) in [5.74, 6) is 0.694. The number of amides is 1. The van der Waals surface area contributed by atoms with E-state index in [0.717, 1.165) is 14.9 Å². The van der Waals surface area contributed by atoms with E-state index in [4.69, 9.17) is 0 Å². The molecule has 0 saturated heterocycles. The molecule has 3 rings (SSSR count). The van der Waals surface area contributed by atoms with E-state index in [1.54, 1.807) is 6.33 Å². The van der Waals surface area contributed by atoms with E-state index >= 15 is 0 Å². The van der Waals surface area contributed by atoms with Crippen LogP contribution in [0.1, 0.15) is 25.3 Å². The van der Waals surface area contributed by atoms with Crippen LogP contribution in [-0.4, -0.2) is 26.4 Å². The zero-order valence-corrected chi connectivity index (χ0v) is 17.5. The molecule has 0 saturated carbocycles. The molecular weight excluding hydrogens is 459 g/mol. The predicted octanol–water partition coefficient (Wildman–Crippen LogP) is 4.73. The van der Waals surface area contributed by atoms with E-state index in [9.17, 15) is 4.79 Å². The Morgan fingerprint density at radius 1 is 1.23 bits per heavy atom. The van der Waals surface area contributed by atoms with Crippen molar-refractivity contribution in [2.75, 3.05) is 11.1 Å². The van der Waals surface area contributed by atoms with Crippen molar-refractivity contribution in [2.24, 2.45) is 0 Å². The van der Waals surface area contributed by atoms with Gasteiger partial charge in [-0.15, -0.1) is 10.2 Å². The van der Waals surface area contributed by atoms with Crippen LogP contribution in [-0.2, 0) is 4.79 Å². The van der Waals surface area contributed by atoms with Crippen LogP contribution in [0.25, 0.3) is 5.69 Å². The maximum Gasteiger partial charge on any atom is 0.234 e. The van der Waals surface area contributed by atoms with Crippen molar-refractivity contribution in [1.29, 1.82) is 0 Å². The minimum atomic E-state index is -0.0679. The van der Waals surface area contributed by atoms with Crippen molar-refractivity contribution in [3.8, 4) is 5.69 Å². The highest BCUT2D eigenvalue weighted by molar-refractivity contribution is 14.1. The van der Waals surface area contributed by atoms with Gasteiger partial charge in [0.05, 0.1) is 5.75 Å². The zero-order chi connectivity index (χ0) is 18.5. The number of anilines is 1. The molecule has 1 N–H and O–H groups in total. The number of nitrogens with one attached hydrogen (secondary N) is 1. The zero-order valence-electron chi connectivity index (χ0n) is 14.5. The fourth-order valence-electron chi connectivity index (χ4n) is 2.41. The lowest BCUT2D eigenvalue weighted by molar-refractivity contribution is -0.113. The first kappa shape index (κ1) is 18.9. The van der Waals surface area contributed by atoms with Crippen molar-refractivity contribution >= 4 is 45.9 Å². The standard InChI is InChI=1S/C19H19IN4OS/c1-13(2)14-6-8-17(9-7-14)24-12-21-23-19(24)26-11-18(25)22-16-5-3-4-15(20)10-16/h3-10,12-13H,11H2,1-2H3,(H,22,25). The van der Waals surface area contributed by atoms with Gasteiger partial charge in [-0.3, -0.25) is 9.36 Å². The Balaban J connectivity index is 1.64. The minimum absolute atomic E-state index is 0.0679. The summed E-state index contributed by atoms with van der Waals surface area (Å²) in [7, 11) is 0. The first-order chi connectivity index (χ1) is 12.5. The molecule has 0 atom stereocenters. The van der Waals surface area contributed by atoms with E-state index in [-0.39, 0.29) is 11.7 Å². The molecule has 1 aromatic heterocycles. The van der Waals surface area contributed by atoms with E-state index in [2.05, 4.69) is 76.2 Å². The van der Waals surface area contributed by atoms with Crippen LogP contribution in [0.3, 0.4) is 0 Å². The molecule has 0 unspecified atom stereocenters. The van der Waals surface area contributed by atoms with Crippen LogP contribution in [0.5, 0.6) is 0 Å². The normalized spacial score (nSPS) is 10.9. The Kier molecular flexibility index (Phi) is 6.31. The maximum atomic E-state index is 12.2.